The largest absolute Gasteiger partial charge is 0.347 e. The Balaban J connectivity index is 1.88. The molecule has 0 saturated heterocycles. The Kier molecular flexibility index (Phi) is 6.18. The highest BCUT2D eigenvalue weighted by molar-refractivity contribution is 6.39. The van der Waals surface area contributed by atoms with Crippen LogP contribution in [0.4, 0.5) is 5.69 Å². The molecule has 2 aromatic rings. The molecule has 0 saturated carbocycles. The fraction of sp³-hybridized carbons (Fsp3) is 0.222. The normalized spacial score (nSPS) is 11.6. The molecule has 2 amide bonds. The maximum absolute atomic E-state index is 11.9. The molecule has 1 atom stereocenters. The van der Waals surface area contributed by atoms with Gasteiger partial charge in [-0.2, -0.15) is 0 Å². The molecular formula is C18H19ClN2O2. The topological polar surface area (TPSA) is 58.2 Å². The molecule has 4 nitrogen and oxygen atoms in total. The molecule has 5 heteroatoms. The van der Waals surface area contributed by atoms with E-state index < -0.39 is 11.8 Å². The van der Waals surface area contributed by atoms with E-state index in [0.29, 0.717) is 17.3 Å². The highest BCUT2D eigenvalue weighted by atomic mass is 35.5. The highest BCUT2D eigenvalue weighted by Crippen LogP contribution is 2.18. The Hall–Kier alpha value is -2.33. The Labute approximate surface area is 140 Å². The van der Waals surface area contributed by atoms with Crippen LogP contribution in [0.5, 0.6) is 0 Å². The van der Waals surface area contributed by atoms with Crippen LogP contribution in [0.2, 0.25) is 5.02 Å². The number of carbonyl (C=O) groups excluding carboxylic acids is 2. The summed E-state index contributed by atoms with van der Waals surface area (Å²) in [5, 5.41) is 5.80. The van der Waals surface area contributed by atoms with Crippen molar-refractivity contribution < 1.29 is 9.59 Å². The minimum absolute atomic E-state index is 0.184. The lowest BCUT2D eigenvalue weighted by molar-refractivity contribution is -0.136. The Morgan fingerprint density at radius 2 is 1.65 bits per heavy atom. The summed E-state index contributed by atoms with van der Waals surface area (Å²) in [7, 11) is 0. The van der Waals surface area contributed by atoms with Gasteiger partial charge in [0.1, 0.15) is 0 Å². The van der Waals surface area contributed by atoms with Crippen molar-refractivity contribution >= 4 is 29.1 Å². The molecule has 0 heterocycles. The van der Waals surface area contributed by atoms with Gasteiger partial charge in [0.05, 0.1) is 0 Å². The molecule has 0 aliphatic rings. The van der Waals surface area contributed by atoms with Crippen molar-refractivity contribution in [2.45, 2.75) is 19.3 Å². The van der Waals surface area contributed by atoms with Crippen molar-refractivity contribution in [2.75, 3.05) is 11.9 Å². The first kappa shape index (κ1) is 17.0. The smallest absolute Gasteiger partial charge is 0.313 e. The molecule has 0 aliphatic heterocycles. The fourth-order valence-electron chi connectivity index (χ4n) is 2.24. The first-order valence-corrected chi connectivity index (χ1v) is 7.87. The summed E-state index contributed by atoms with van der Waals surface area (Å²) in [6.07, 6.45) is 0.878. The second kappa shape index (κ2) is 8.34. The molecule has 0 fully saturated rings. The molecule has 0 radical (unpaired) electrons. The first-order chi connectivity index (χ1) is 11.1. The predicted octanol–water partition coefficient (Wildman–Crippen LogP) is 3.59. The molecule has 0 aromatic heterocycles. The quantitative estimate of drug-likeness (QED) is 0.823. The summed E-state index contributed by atoms with van der Waals surface area (Å²) < 4.78 is 0. The van der Waals surface area contributed by atoms with Crippen molar-refractivity contribution in [3.8, 4) is 0 Å². The Morgan fingerprint density at radius 3 is 2.26 bits per heavy atom. The van der Waals surface area contributed by atoms with Gasteiger partial charge in [-0.1, -0.05) is 48.9 Å². The van der Waals surface area contributed by atoms with Crippen LogP contribution in [0.25, 0.3) is 0 Å². The van der Waals surface area contributed by atoms with E-state index in [4.69, 9.17) is 11.6 Å². The van der Waals surface area contributed by atoms with Gasteiger partial charge < -0.3 is 10.6 Å². The zero-order valence-electron chi connectivity index (χ0n) is 12.9. The maximum Gasteiger partial charge on any atom is 0.313 e. The van der Waals surface area contributed by atoms with Crippen LogP contribution < -0.4 is 10.6 Å². The van der Waals surface area contributed by atoms with Crippen LogP contribution in [-0.2, 0) is 9.59 Å². The molecule has 2 N–H and O–H groups in total. The minimum atomic E-state index is -0.685. The van der Waals surface area contributed by atoms with E-state index in [-0.39, 0.29) is 5.92 Å². The lowest BCUT2D eigenvalue weighted by Gasteiger charge is -2.16. The lowest BCUT2D eigenvalue weighted by Crippen LogP contribution is -2.37. The molecule has 0 bridgehead atoms. The van der Waals surface area contributed by atoms with Crippen molar-refractivity contribution in [3.63, 3.8) is 0 Å². The summed E-state index contributed by atoms with van der Waals surface area (Å²) in [5.74, 6) is -1.15. The van der Waals surface area contributed by atoms with Crippen LogP contribution in [0.1, 0.15) is 24.8 Å². The van der Waals surface area contributed by atoms with Gasteiger partial charge in [-0.25, -0.2) is 0 Å². The number of hydrogen-bond acceptors (Lipinski definition) is 2. The zero-order chi connectivity index (χ0) is 16.7. The molecule has 2 rings (SSSR count). The standard InChI is InChI=1S/C18H19ClN2O2/c1-2-13(14-6-4-3-5-7-14)12-20-17(22)18(23)21-16-10-8-15(19)9-11-16/h3-11,13H,2,12H2,1H3,(H,20,22)(H,21,23)/t13-/m1/s1. The molecule has 120 valence electrons. The average Bonchev–Trinajstić information content (AvgIpc) is 2.58. The van der Waals surface area contributed by atoms with E-state index >= 15 is 0 Å². The zero-order valence-corrected chi connectivity index (χ0v) is 13.6. The third-order valence-electron chi connectivity index (χ3n) is 3.58. The van der Waals surface area contributed by atoms with Crippen LogP contribution >= 0.6 is 11.6 Å². The van der Waals surface area contributed by atoms with Gasteiger partial charge in [-0.3, -0.25) is 9.59 Å². The highest BCUT2D eigenvalue weighted by Gasteiger charge is 2.16. The SMILES string of the molecule is CC[C@H](CNC(=O)C(=O)Nc1ccc(Cl)cc1)c1ccccc1. The second-order valence-electron chi connectivity index (χ2n) is 5.19. The number of benzene rings is 2. The third kappa shape index (κ3) is 5.11. The second-order valence-corrected chi connectivity index (χ2v) is 5.62. The number of anilines is 1. The van der Waals surface area contributed by atoms with Gasteiger partial charge >= 0.3 is 11.8 Å². The van der Waals surface area contributed by atoms with Crippen LogP contribution in [-0.4, -0.2) is 18.4 Å². The number of nitrogens with one attached hydrogen (secondary N) is 2. The summed E-state index contributed by atoms with van der Waals surface area (Å²) in [6, 6.07) is 16.5. The van der Waals surface area contributed by atoms with Crippen molar-refractivity contribution in [3.05, 3.63) is 65.2 Å². The van der Waals surface area contributed by atoms with E-state index in [1.54, 1.807) is 24.3 Å². The van der Waals surface area contributed by atoms with Crippen molar-refractivity contribution in [1.82, 2.24) is 5.32 Å². The van der Waals surface area contributed by atoms with Crippen molar-refractivity contribution in [1.29, 1.82) is 0 Å². The maximum atomic E-state index is 11.9. The summed E-state index contributed by atoms with van der Waals surface area (Å²) in [5.41, 5.74) is 1.68. The molecule has 2 aromatic carbocycles. The van der Waals surface area contributed by atoms with E-state index in [1.165, 1.54) is 0 Å². The summed E-state index contributed by atoms with van der Waals surface area (Å²) in [4.78, 5) is 23.8. The number of amides is 2. The predicted molar refractivity (Wildman–Crippen MR) is 92.6 cm³/mol. The Bertz CT molecular complexity index is 656. The molecule has 0 unspecified atom stereocenters. The van der Waals surface area contributed by atoms with E-state index in [0.717, 1.165) is 12.0 Å². The van der Waals surface area contributed by atoms with Gasteiger partial charge in [0.15, 0.2) is 0 Å². The first-order valence-electron chi connectivity index (χ1n) is 7.50. The number of carbonyl (C=O) groups is 2. The van der Waals surface area contributed by atoms with Crippen LogP contribution in [0.15, 0.2) is 54.6 Å². The third-order valence-corrected chi connectivity index (χ3v) is 3.83. The molecule has 0 spiro atoms. The van der Waals surface area contributed by atoms with Gasteiger partial charge in [-0.15, -0.1) is 0 Å². The van der Waals surface area contributed by atoms with Gasteiger partial charge in [-0.05, 0) is 36.2 Å². The van der Waals surface area contributed by atoms with Crippen LogP contribution in [0.3, 0.4) is 0 Å². The molecule has 0 aliphatic carbocycles. The number of hydrogen-bond donors (Lipinski definition) is 2. The van der Waals surface area contributed by atoms with Crippen LogP contribution in [0, 0.1) is 0 Å². The lowest BCUT2D eigenvalue weighted by atomic mass is 9.96. The van der Waals surface area contributed by atoms with Crippen molar-refractivity contribution in [2.24, 2.45) is 0 Å². The van der Waals surface area contributed by atoms with E-state index in [9.17, 15) is 9.59 Å². The average molecular weight is 331 g/mol. The summed E-state index contributed by atoms with van der Waals surface area (Å²) in [6.45, 7) is 2.48. The van der Waals surface area contributed by atoms with Gasteiger partial charge in [0.2, 0.25) is 0 Å². The summed E-state index contributed by atoms with van der Waals surface area (Å²) >= 11 is 5.78. The number of halogens is 1. The molecule has 23 heavy (non-hydrogen) atoms. The van der Waals surface area contributed by atoms with E-state index in [1.807, 2.05) is 30.3 Å². The minimum Gasteiger partial charge on any atom is -0.347 e. The molecular weight excluding hydrogens is 312 g/mol. The van der Waals surface area contributed by atoms with Gasteiger partial charge in [0.25, 0.3) is 0 Å². The monoisotopic (exact) mass is 330 g/mol. The van der Waals surface area contributed by atoms with E-state index in [2.05, 4.69) is 17.6 Å². The number of rotatable bonds is 5. The fourth-order valence-corrected chi connectivity index (χ4v) is 2.37. The van der Waals surface area contributed by atoms with Gasteiger partial charge in [0, 0.05) is 23.2 Å². The Morgan fingerprint density at radius 1 is 1.00 bits per heavy atom.